The van der Waals surface area contributed by atoms with Crippen LogP contribution < -0.4 is 0 Å². The Morgan fingerprint density at radius 1 is 1.28 bits per heavy atom. The van der Waals surface area contributed by atoms with Crippen molar-refractivity contribution in [2.24, 2.45) is 17.3 Å². The van der Waals surface area contributed by atoms with Gasteiger partial charge in [-0.05, 0) is 24.2 Å². The molecule has 0 aliphatic heterocycles. The molecule has 0 amide bonds. The van der Waals surface area contributed by atoms with Gasteiger partial charge in [-0.15, -0.1) is 0 Å². The van der Waals surface area contributed by atoms with Gasteiger partial charge in [-0.3, -0.25) is 4.79 Å². The van der Waals surface area contributed by atoms with Gasteiger partial charge in [-0.1, -0.05) is 66.2 Å². The van der Waals surface area contributed by atoms with E-state index >= 15 is 0 Å². The van der Waals surface area contributed by atoms with Crippen LogP contribution >= 0.6 is 0 Å². The quantitative estimate of drug-likeness (QED) is 0.594. The highest BCUT2D eigenvalue weighted by Crippen LogP contribution is 2.42. The molecule has 0 heterocycles. The van der Waals surface area contributed by atoms with Gasteiger partial charge >= 0.3 is 0 Å². The first kappa shape index (κ1) is 15.7. The van der Waals surface area contributed by atoms with E-state index in [0.717, 1.165) is 12.8 Å². The van der Waals surface area contributed by atoms with E-state index in [0.29, 0.717) is 17.6 Å². The van der Waals surface area contributed by atoms with Gasteiger partial charge in [-0.25, -0.2) is 0 Å². The van der Waals surface area contributed by atoms with Crippen LogP contribution in [-0.4, -0.2) is 5.78 Å². The van der Waals surface area contributed by atoms with Crippen LogP contribution in [0.1, 0.15) is 85.5 Å². The van der Waals surface area contributed by atoms with E-state index in [1.54, 1.807) is 0 Å². The summed E-state index contributed by atoms with van der Waals surface area (Å²) in [5.41, 5.74) is 0.248. The van der Waals surface area contributed by atoms with Crippen molar-refractivity contribution in [1.29, 1.82) is 0 Å². The van der Waals surface area contributed by atoms with Crippen molar-refractivity contribution in [2.75, 3.05) is 0 Å². The third-order valence-electron chi connectivity index (χ3n) is 4.93. The molecule has 2 atom stereocenters. The SMILES string of the molecule is CCCCC(CC)CC(=O)C1CCCCC1(C)C. The molecule has 0 aromatic carbocycles. The highest BCUT2D eigenvalue weighted by molar-refractivity contribution is 5.82. The van der Waals surface area contributed by atoms with Crippen molar-refractivity contribution in [1.82, 2.24) is 0 Å². The Morgan fingerprint density at radius 3 is 2.56 bits per heavy atom. The molecule has 1 aliphatic carbocycles. The van der Waals surface area contributed by atoms with Crippen molar-refractivity contribution >= 4 is 5.78 Å². The van der Waals surface area contributed by atoms with Gasteiger partial charge < -0.3 is 0 Å². The normalized spacial score (nSPS) is 24.8. The standard InChI is InChI=1S/C17H32O/c1-5-7-10-14(6-2)13-16(18)15-11-8-9-12-17(15,3)4/h14-15H,5-13H2,1-4H3. The Bertz CT molecular complexity index is 254. The average Bonchev–Trinajstić information content (AvgIpc) is 2.33. The molecule has 2 unspecified atom stereocenters. The molecule has 106 valence electrons. The molecule has 1 aliphatic rings. The van der Waals surface area contributed by atoms with E-state index in [2.05, 4.69) is 27.7 Å². The van der Waals surface area contributed by atoms with Crippen molar-refractivity contribution < 1.29 is 4.79 Å². The minimum absolute atomic E-state index is 0.248. The van der Waals surface area contributed by atoms with Crippen LogP contribution in [0, 0.1) is 17.3 Å². The zero-order valence-corrected chi connectivity index (χ0v) is 12.9. The third kappa shape index (κ3) is 4.40. The van der Waals surface area contributed by atoms with Crippen LogP contribution in [0.4, 0.5) is 0 Å². The summed E-state index contributed by atoms with van der Waals surface area (Å²) in [7, 11) is 0. The van der Waals surface area contributed by atoms with Crippen molar-refractivity contribution in [3.8, 4) is 0 Å². The molecule has 1 rings (SSSR count). The monoisotopic (exact) mass is 252 g/mol. The Labute approximate surface area is 114 Å². The third-order valence-corrected chi connectivity index (χ3v) is 4.93. The summed E-state index contributed by atoms with van der Waals surface area (Å²) < 4.78 is 0. The molecule has 0 saturated heterocycles. The van der Waals surface area contributed by atoms with Crippen LogP contribution in [0.5, 0.6) is 0 Å². The van der Waals surface area contributed by atoms with Crippen molar-refractivity contribution in [3.63, 3.8) is 0 Å². The largest absolute Gasteiger partial charge is 0.299 e. The predicted molar refractivity (Wildman–Crippen MR) is 78.7 cm³/mol. The Kier molecular flexibility index (Phi) is 6.38. The molecular formula is C17H32O. The number of Topliss-reactive ketones (excluding diaryl/α,β-unsaturated/α-hetero) is 1. The maximum atomic E-state index is 12.5. The summed E-state index contributed by atoms with van der Waals surface area (Å²) in [6.07, 6.45) is 10.7. The molecule has 0 N–H and O–H groups in total. The Balaban J connectivity index is 2.51. The number of carbonyl (C=O) groups is 1. The van der Waals surface area contributed by atoms with Gasteiger partial charge in [0.1, 0.15) is 5.78 Å². The molecule has 1 fully saturated rings. The lowest BCUT2D eigenvalue weighted by Crippen LogP contribution is -2.34. The molecule has 1 nitrogen and oxygen atoms in total. The number of ketones is 1. The lowest BCUT2D eigenvalue weighted by atomic mass is 9.66. The molecule has 0 aromatic rings. The first-order valence-corrected chi connectivity index (χ1v) is 8.04. The molecule has 0 radical (unpaired) electrons. The molecule has 1 heteroatoms. The molecule has 18 heavy (non-hydrogen) atoms. The van der Waals surface area contributed by atoms with E-state index in [9.17, 15) is 4.79 Å². The molecule has 0 bridgehead atoms. The van der Waals surface area contributed by atoms with Crippen LogP contribution in [-0.2, 0) is 4.79 Å². The number of hydrogen-bond acceptors (Lipinski definition) is 1. The fraction of sp³-hybridized carbons (Fsp3) is 0.941. The lowest BCUT2D eigenvalue weighted by Gasteiger charge is -2.38. The Hall–Kier alpha value is -0.330. The van der Waals surface area contributed by atoms with Crippen molar-refractivity contribution in [3.05, 3.63) is 0 Å². The number of rotatable bonds is 7. The van der Waals surface area contributed by atoms with Crippen LogP contribution in [0.15, 0.2) is 0 Å². The minimum Gasteiger partial charge on any atom is -0.299 e. The van der Waals surface area contributed by atoms with Gasteiger partial charge in [0.25, 0.3) is 0 Å². The summed E-state index contributed by atoms with van der Waals surface area (Å²) in [6, 6.07) is 0. The Morgan fingerprint density at radius 2 is 2.00 bits per heavy atom. The fourth-order valence-electron chi connectivity index (χ4n) is 3.46. The zero-order chi connectivity index (χ0) is 13.6. The fourth-order valence-corrected chi connectivity index (χ4v) is 3.46. The smallest absolute Gasteiger partial charge is 0.136 e. The molecular weight excluding hydrogens is 220 g/mol. The predicted octanol–water partition coefficient (Wildman–Crippen LogP) is 5.38. The number of hydrogen-bond donors (Lipinski definition) is 0. The number of unbranched alkanes of at least 4 members (excludes halogenated alkanes) is 1. The maximum absolute atomic E-state index is 12.5. The first-order chi connectivity index (χ1) is 8.51. The average molecular weight is 252 g/mol. The summed E-state index contributed by atoms with van der Waals surface area (Å²) in [5.74, 6) is 1.53. The zero-order valence-electron chi connectivity index (χ0n) is 12.9. The second-order valence-corrected chi connectivity index (χ2v) is 6.87. The minimum atomic E-state index is 0.248. The van der Waals surface area contributed by atoms with E-state index in [1.165, 1.54) is 44.9 Å². The second kappa shape index (κ2) is 7.31. The second-order valence-electron chi connectivity index (χ2n) is 6.87. The van der Waals surface area contributed by atoms with Gasteiger partial charge in [-0.2, -0.15) is 0 Å². The maximum Gasteiger partial charge on any atom is 0.136 e. The summed E-state index contributed by atoms with van der Waals surface area (Å²) in [4.78, 5) is 12.5. The van der Waals surface area contributed by atoms with E-state index in [4.69, 9.17) is 0 Å². The van der Waals surface area contributed by atoms with Crippen LogP contribution in [0.2, 0.25) is 0 Å². The van der Waals surface area contributed by atoms with Gasteiger partial charge in [0.15, 0.2) is 0 Å². The molecule has 1 saturated carbocycles. The van der Waals surface area contributed by atoms with Crippen LogP contribution in [0.3, 0.4) is 0 Å². The summed E-state index contributed by atoms with van der Waals surface area (Å²) in [6.45, 7) is 9.06. The van der Waals surface area contributed by atoms with Crippen molar-refractivity contribution in [2.45, 2.75) is 85.5 Å². The van der Waals surface area contributed by atoms with Gasteiger partial charge in [0, 0.05) is 12.3 Å². The summed E-state index contributed by atoms with van der Waals surface area (Å²) in [5, 5.41) is 0. The van der Waals surface area contributed by atoms with Gasteiger partial charge in [0.05, 0.1) is 0 Å². The van der Waals surface area contributed by atoms with Crippen LogP contribution in [0.25, 0.3) is 0 Å². The van der Waals surface area contributed by atoms with E-state index < -0.39 is 0 Å². The first-order valence-electron chi connectivity index (χ1n) is 8.04. The summed E-state index contributed by atoms with van der Waals surface area (Å²) >= 11 is 0. The highest BCUT2D eigenvalue weighted by Gasteiger charge is 2.37. The molecule has 0 spiro atoms. The lowest BCUT2D eigenvalue weighted by molar-refractivity contribution is -0.129. The van der Waals surface area contributed by atoms with Gasteiger partial charge in [0.2, 0.25) is 0 Å². The molecule has 0 aromatic heterocycles. The van der Waals surface area contributed by atoms with E-state index in [-0.39, 0.29) is 5.41 Å². The highest BCUT2D eigenvalue weighted by atomic mass is 16.1. The van der Waals surface area contributed by atoms with E-state index in [1.807, 2.05) is 0 Å². The number of carbonyl (C=O) groups excluding carboxylic acids is 1. The topological polar surface area (TPSA) is 17.1 Å².